The molecule has 1 fully saturated rings. The highest BCUT2D eigenvalue weighted by Gasteiger charge is 2.55. The zero-order valence-electron chi connectivity index (χ0n) is 22.1. The smallest absolute Gasteiger partial charge is 0.325 e. The van der Waals surface area contributed by atoms with E-state index >= 15 is 0 Å². The second kappa shape index (κ2) is 10.6. The summed E-state index contributed by atoms with van der Waals surface area (Å²) in [6.07, 6.45) is 3.83. The Morgan fingerprint density at radius 3 is 2.61 bits per heavy atom. The number of carbonyl (C=O) groups excluding carboxylic acids is 3. The second-order valence-electron chi connectivity index (χ2n) is 9.68. The molecular formula is C27H32FN7O3. The predicted molar refractivity (Wildman–Crippen MR) is 141 cm³/mol. The van der Waals surface area contributed by atoms with Crippen molar-refractivity contribution in [2.24, 2.45) is 13.0 Å². The van der Waals surface area contributed by atoms with Crippen LogP contribution in [0.5, 0.6) is 0 Å². The summed E-state index contributed by atoms with van der Waals surface area (Å²) in [7, 11) is 3.29. The average Bonchev–Trinajstić information content (AvgIpc) is 3.29. The molecule has 3 heterocycles. The molecule has 0 bridgehead atoms. The summed E-state index contributed by atoms with van der Waals surface area (Å²) >= 11 is 0. The molecule has 4 rings (SSSR count). The van der Waals surface area contributed by atoms with E-state index in [1.54, 1.807) is 69.2 Å². The summed E-state index contributed by atoms with van der Waals surface area (Å²) in [5, 5.41) is 2.76. The van der Waals surface area contributed by atoms with Gasteiger partial charge in [-0.05, 0) is 50.5 Å². The van der Waals surface area contributed by atoms with E-state index in [1.165, 1.54) is 11.0 Å². The number of pyridine rings is 1. The number of hydrogen-bond acceptors (Lipinski definition) is 6. The Kier molecular flexibility index (Phi) is 7.47. The Hall–Kier alpha value is -4.28. The molecule has 1 aromatic carbocycles. The quantitative estimate of drug-likeness (QED) is 0.460. The number of aromatic nitrogens is 3. The highest BCUT2D eigenvalue weighted by atomic mass is 19.1. The Morgan fingerprint density at radius 1 is 1.24 bits per heavy atom. The van der Waals surface area contributed by atoms with Crippen molar-refractivity contribution in [2.45, 2.75) is 45.7 Å². The number of likely N-dealkylation sites (N-methyl/N-ethyl adjacent to an activating group) is 1. The standard InChI is InChI=1S/C27H32FN7O3/c1-6-21(18-11-15(2)7-8-20(18)28)32-27(38)35-23(25(37)34(5)26-30-9-10-33(26)4)19(24(35)36)13-17-12-16(3)31-22(29)14-17/h7-12,14,19,21,23H,6,13H2,1-5H3,(H2,29,31)(H,32,38)/t19-,21?,23+/m1/s1. The van der Waals surface area contributed by atoms with Gasteiger partial charge in [-0.2, -0.15) is 0 Å². The fourth-order valence-electron chi connectivity index (χ4n) is 4.92. The molecule has 1 saturated heterocycles. The van der Waals surface area contributed by atoms with E-state index < -0.39 is 41.7 Å². The monoisotopic (exact) mass is 521 g/mol. The van der Waals surface area contributed by atoms with Crippen LogP contribution in [0.15, 0.2) is 42.7 Å². The third kappa shape index (κ3) is 5.09. The fraction of sp³-hybridized carbons (Fsp3) is 0.370. The number of nitrogens with zero attached hydrogens (tertiary/aromatic N) is 5. The van der Waals surface area contributed by atoms with Crippen LogP contribution in [0, 0.1) is 25.6 Å². The van der Waals surface area contributed by atoms with Crippen LogP contribution in [-0.4, -0.2) is 50.4 Å². The highest BCUT2D eigenvalue weighted by Crippen LogP contribution is 2.33. The summed E-state index contributed by atoms with van der Waals surface area (Å²) in [4.78, 5) is 51.1. The van der Waals surface area contributed by atoms with Crippen molar-refractivity contribution < 1.29 is 18.8 Å². The normalized spacial score (nSPS) is 17.6. The molecule has 0 aliphatic carbocycles. The summed E-state index contributed by atoms with van der Waals surface area (Å²) in [6, 6.07) is 5.59. The van der Waals surface area contributed by atoms with Gasteiger partial charge in [0.1, 0.15) is 17.7 Å². The van der Waals surface area contributed by atoms with Gasteiger partial charge in [-0.3, -0.25) is 19.4 Å². The topological polar surface area (TPSA) is 126 Å². The number of amides is 4. The van der Waals surface area contributed by atoms with Crippen molar-refractivity contribution in [1.82, 2.24) is 24.8 Å². The molecule has 0 radical (unpaired) electrons. The molecule has 1 aliphatic heterocycles. The first-order chi connectivity index (χ1) is 18.0. The molecule has 200 valence electrons. The number of urea groups is 1. The van der Waals surface area contributed by atoms with Crippen LogP contribution in [0.1, 0.15) is 41.8 Å². The van der Waals surface area contributed by atoms with Crippen LogP contribution in [0.3, 0.4) is 0 Å². The first-order valence-corrected chi connectivity index (χ1v) is 12.4. The van der Waals surface area contributed by atoms with E-state index in [4.69, 9.17) is 5.73 Å². The Morgan fingerprint density at radius 2 is 1.97 bits per heavy atom. The van der Waals surface area contributed by atoms with E-state index in [0.29, 0.717) is 29.4 Å². The number of aryl methyl sites for hydroxylation is 3. The second-order valence-corrected chi connectivity index (χ2v) is 9.68. The maximum Gasteiger partial charge on any atom is 0.325 e. The van der Waals surface area contributed by atoms with Crippen molar-refractivity contribution in [3.8, 4) is 0 Å². The summed E-state index contributed by atoms with van der Waals surface area (Å²) in [5.41, 5.74) is 8.46. The number of halogens is 1. The number of rotatable bonds is 7. The average molecular weight is 522 g/mol. The molecule has 3 N–H and O–H groups in total. The third-order valence-electron chi connectivity index (χ3n) is 6.83. The fourth-order valence-corrected chi connectivity index (χ4v) is 4.92. The minimum absolute atomic E-state index is 0.199. The van der Waals surface area contributed by atoms with Crippen molar-refractivity contribution in [3.63, 3.8) is 0 Å². The van der Waals surface area contributed by atoms with Gasteiger partial charge in [-0.15, -0.1) is 0 Å². The first-order valence-electron chi connectivity index (χ1n) is 12.4. The van der Waals surface area contributed by atoms with Gasteiger partial charge < -0.3 is 15.6 Å². The van der Waals surface area contributed by atoms with Gasteiger partial charge in [0.2, 0.25) is 11.9 Å². The molecule has 38 heavy (non-hydrogen) atoms. The molecule has 1 aliphatic rings. The lowest BCUT2D eigenvalue weighted by molar-refractivity contribution is -0.156. The zero-order chi connectivity index (χ0) is 27.7. The van der Waals surface area contributed by atoms with Crippen molar-refractivity contribution in [2.75, 3.05) is 17.7 Å². The van der Waals surface area contributed by atoms with E-state index in [-0.39, 0.29) is 6.42 Å². The zero-order valence-corrected chi connectivity index (χ0v) is 22.1. The van der Waals surface area contributed by atoms with E-state index in [9.17, 15) is 18.8 Å². The van der Waals surface area contributed by atoms with Crippen LogP contribution in [-0.2, 0) is 23.1 Å². The lowest BCUT2D eigenvalue weighted by atomic mass is 9.81. The molecule has 1 unspecified atom stereocenters. The maximum absolute atomic E-state index is 14.6. The molecule has 3 atom stereocenters. The Labute approximate surface area is 220 Å². The summed E-state index contributed by atoms with van der Waals surface area (Å²) < 4.78 is 16.3. The summed E-state index contributed by atoms with van der Waals surface area (Å²) in [6.45, 7) is 5.42. The number of anilines is 2. The van der Waals surface area contributed by atoms with E-state index in [2.05, 4.69) is 15.3 Å². The van der Waals surface area contributed by atoms with Gasteiger partial charge in [-0.25, -0.2) is 19.2 Å². The molecule has 0 saturated carbocycles. The van der Waals surface area contributed by atoms with Gasteiger partial charge >= 0.3 is 6.03 Å². The molecule has 3 aromatic rings. The first kappa shape index (κ1) is 26.8. The van der Waals surface area contributed by atoms with Gasteiger partial charge in [0.15, 0.2) is 0 Å². The van der Waals surface area contributed by atoms with Crippen molar-refractivity contribution >= 4 is 29.6 Å². The number of nitrogens with one attached hydrogen (secondary N) is 1. The minimum Gasteiger partial charge on any atom is -0.384 e. The number of likely N-dealkylation sites (tertiary alicyclic amines) is 1. The SMILES string of the molecule is CCC(NC(=O)N1C(=O)[C@H](Cc2cc(C)nc(N)c2)[C@H]1C(=O)N(C)c1nccn1C)c1cc(C)ccc1F. The van der Waals surface area contributed by atoms with Crippen molar-refractivity contribution in [1.29, 1.82) is 0 Å². The third-order valence-corrected chi connectivity index (χ3v) is 6.83. The number of nitrogen functional groups attached to an aromatic ring is 1. The number of hydrogen-bond donors (Lipinski definition) is 2. The summed E-state index contributed by atoms with van der Waals surface area (Å²) in [5.74, 6) is -1.54. The molecule has 11 heteroatoms. The molecule has 2 aromatic heterocycles. The molecule has 0 spiro atoms. The lowest BCUT2D eigenvalue weighted by Gasteiger charge is -2.45. The maximum atomic E-state index is 14.6. The van der Waals surface area contributed by atoms with Crippen LogP contribution in [0.4, 0.5) is 21.0 Å². The number of benzene rings is 1. The van der Waals surface area contributed by atoms with Crippen LogP contribution in [0.25, 0.3) is 0 Å². The Balaban J connectivity index is 1.63. The molecule has 4 amide bonds. The van der Waals surface area contributed by atoms with Crippen molar-refractivity contribution in [3.05, 3.63) is 70.9 Å². The number of β-lactam (4-membered cyclic amide) rings is 1. The van der Waals surface area contributed by atoms with E-state index in [1.807, 2.05) is 6.92 Å². The Bertz CT molecular complexity index is 1370. The number of imidazole rings is 1. The van der Waals surface area contributed by atoms with Crippen LogP contribution >= 0.6 is 0 Å². The highest BCUT2D eigenvalue weighted by molar-refractivity contribution is 6.12. The van der Waals surface area contributed by atoms with Gasteiger partial charge in [0, 0.05) is 37.7 Å². The van der Waals surface area contributed by atoms with E-state index in [0.717, 1.165) is 16.0 Å². The molecule has 10 nitrogen and oxygen atoms in total. The lowest BCUT2D eigenvalue weighted by Crippen LogP contribution is -2.70. The van der Waals surface area contributed by atoms with Crippen LogP contribution < -0.4 is 16.0 Å². The largest absolute Gasteiger partial charge is 0.384 e. The van der Waals surface area contributed by atoms with Gasteiger partial charge in [-0.1, -0.05) is 24.6 Å². The predicted octanol–water partition coefficient (Wildman–Crippen LogP) is 3.05. The minimum atomic E-state index is -1.08. The number of imide groups is 1. The molecular weight excluding hydrogens is 489 g/mol. The van der Waals surface area contributed by atoms with Crippen LogP contribution in [0.2, 0.25) is 0 Å². The van der Waals surface area contributed by atoms with Gasteiger partial charge in [0.05, 0.1) is 12.0 Å². The number of carbonyl (C=O) groups is 3. The van der Waals surface area contributed by atoms with Gasteiger partial charge in [0.25, 0.3) is 5.91 Å². The number of nitrogens with two attached hydrogens (primary N) is 1.